The number of carbonyl (C=O) groups is 6. The lowest BCUT2D eigenvalue weighted by atomic mass is 10.0. The van der Waals surface area contributed by atoms with Gasteiger partial charge in [0.25, 0.3) is 11.6 Å². The molecule has 17 nitrogen and oxygen atoms in total. The maximum absolute atomic E-state index is 13.4. The molecule has 5 amide bonds. The second-order valence-corrected chi connectivity index (χ2v) is 10.9. The van der Waals surface area contributed by atoms with Crippen molar-refractivity contribution in [1.82, 2.24) is 20.5 Å². The number of benzene rings is 1. The van der Waals surface area contributed by atoms with E-state index in [0.29, 0.717) is 5.56 Å². The van der Waals surface area contributed by atoms with E-state index in [1.54, 1.807) is 0 Å². The van der Waals surface area contributed by atoms with E-state index >= 15 is 0 Å². The lowest BCUT2D eigenvalue weighted by Gasteiger charge is -2.41. The average Bonchev–Trinajstić information content (AvgIpc) is 3.58. The van der Waals surface area contributed by atoms with Gasteiger partial charge in [-0.1, -0.05) is 5.16 Å². The Morgan fingerprint density at radius 1 is 1.20 bits per heavy atom. The normalized spacial score (nSPS) is 18.3. The topological polar surface area (TPSA) is 229 Å². The molecule has 0 bridgehead atoms. The number of ether oxygens (including phenoxy) is 1. The van der Waals surface area contributed by atoms with Crippen LogP contribution in [-0.2, 0) is 44.9 Å². The Bertz CT molecular complexity index is 1540. The van der Waals surface area contributed by atoms with Gasteiger partial charge in [-0.2, -0.15) is 0 Å². The maximum atomic E-state index is 13.4. The third kappa shape index (κ3) is 7.14. The number of nitro benzene ring substituents is 1. The second kappa shape index (κ2) is 13.1. The third-order valence-corrected chi connectivity index (χ3v) is 7.25. The highest BCUT2D eigenvalue weighted by atomic mass is 35.5. The molecule has 0 saturated carbocycles. The summed E-state index contributed by atoms with van der Waals surface area (Å²) in [7, 11) is 0. The van der Waals surface area contributed by atoms with Crippen LogP contribution >= 0.6 is 22.9 Å². The van der Waals surface area contributed by atoms with E-state index in [4.69, 9.17) is 21.2 Å². The lowest BCUT2D eigenvalue weighted by Crippen LogP contribution is -2.75. The van der Waals surface area contributed by atoms with Gasteiger partial charge in [-0.25, -0.2) is 9.78 Å². The number of aromatic nitrogens is 1. The van der Waals surface area contributed by atoms with Crippen molar-refractivity contribution in [2.75, 3.05) is 11.2 Å². The Hall–Kier alpha value is -4.97. The number of halogens is 1. The zero-order chi connectivity index (χ0) is 32.2. The van der Waals surface area contributed by atoms with Crippen LogP contribution in [-0.4, -0.2) is 79.7 Å². The summed E-state index contributed by atoms with van der Waals surface area (Å²) in [5.41, 5.74) is -2.08. The summed E-state index contributed by atoms with van der Waals surface area (Å²) in [6.07, 6.45) is -1.18. The highest BCUT2D eigenvalue weighted by molar-refractivity contribution is 7.14. The van der Waals surface area contributed by atoms with E-state index in [0.717, 1.165) is 16.2 Å². The van der Waals surface area contributed by atoms with Gasteiger partial charge in [0.05, 0.1) is 4.92 Å². The molecular weight excluding hydrogens is 626 g/mol. The Morgan fingerprint density at radius 2 is 1.86 bits per heavy atom. The number of nitro groups is 1. The van der Waals surface area contributed by atoms with Crippen LogP contribution in [0.25, 0.3) is 0 Å². The number of oxime groups is 1. The molecule has 232 valence electrons. The van der Waals surface area contributed by atoms with E-state index in [1.165, 1.54) is 43.5 Å². The van der Waals surface area contributed by atoms with Gasteiger partial charge in [0.15, 0.2) is 10.8 Å². The largest absolute Gasteiger partial charge is 0.458 e. The number of nitrogens with zero attached hydrogens (tertiary/aromatic N) is 4. The molecule has 2 atom stereocenters. The van der Waals surface area contributed by atoms with Gasteiger partial charge >= 0.3 is 5.97 Å². The molecular formula is C25H24ClN7O10S. The fourth-order valence-corrected chi connectivity index (χ4v) is 4.65. The number of non-ortho nitro benzene ring substituents is 1. The molecule has 1 aromatic heterocycles. The number of hydrogen-bond acceptors (Lipinski definition) is 13. The quantitative estimate of drug-likeness (QED) is 0.0547. The summed E-state index contributed by atoms with van der Waals surface area (Å²) in [6, 6.07) is 4.01. The standard InChI is InChI=1S/C25H24ClN7O10S/c1-25(2,23(39)42-10-12-3-5-13(6-4-12)33(40)41)43-31-18(14-11-44-24(27-14)28-15(34)9-26)21(37)29-19-20(30-22(19)38)32-16(35)7-8-17(32)36/h3-6,11,19-20H,7-10H2,1-2H3,(H,29,37)(H,30,38)(H,27,28,34)/b31-18-/t19-,20-/m0/s1. The minimum Gasteiger partial charge on any atom is -0.458 e. The van der Waals surface area contributed by atoms with Crippen molar-refractivity contribution in [1.29, 1.82) is 0 Å². The van der Waals surface area contributed by atoms with E-state index in [-0.39, 0.29) is 41.8 Å². The van der Waals surface area contributed by atoms with Crippen molar-refractivity contribution in [3.63, 3.8) is 0 Å². The molecule has 44 heavy (non-hydrogen) atoms. The number of carbonyl (C=O) groups excluding carboxylic acids is 6. The van der Waals surface area contributed by atoms with E-state index in [2.05, 4.69) is 26.1 Å². The summed E-state index contributed by atoms with van der Waals surface area (Å²) in [5.74, 6) is -4.53. The van der Waals surface area contributed by atoms with Crippen molar-refractivity contribution in [3.05, 3.63) is 51.0 Å². The van der Waals surface area contributed by atoms with E-state index in [1.807, 2.05) is 0 Å². The van der Waals surface area contributed by atoms with Gasteiger partial charge in [0, 0.05) is 30.4 Å². The number of thiazole rings is 1. The summed E-state index contributed by atoms with van der Waals surface area (Å²) >= 11 is 6.43. The van der Waals surface area contributed by atoms with E-state index < -0.39 is 63.9 Å². The molecule has 2 fully saturated rings. The van der Waals surface area contributed by atoms with Crippen molar-refractivity contribution in [3.8, 4) is 0 Å². The average molecular weight is 650 g/mol. The first-order valence-corrected chi connectivity index (χ1v) is 14.2. The number of esters is 1. The fraction of sp³-hybridized carbons (Fsp3) is 0.360. The molecule has 4 rings (SSSR count). The smallest absolute Gasteiger partial charge is 0.353 e. The first-order chi connectivity index (χ1) is 20.8. The predicted molar refractivity (Wildman–Crippen MR) is 151 cm³/mol. The monoisotopic (exact) mass is 649 g/mol. The molecule has 2 aliphatic rings. The molecule has 0 unspecified atom stereocenters. The molecule has 2 aliphatic heterocycles. The Kier molecular flexibility index (Phi) is 9.53. The van der Waals surface area contributed by atoms with Gasteiger partial charge in [-0.05, 0) is 31.5 Å². The summed E-state index contributed by atoms with van der Waals surface area (Å²) < 4.78 is 5.25. The first kappa shape index (κ1) is 32.0. The third-order valence-electron chi connectivity index (χ3n) is 6.25. The number of likely N-dealkylation sites (tertiary alicyclic amines) is 1. The maximum Gasteiger partial charge on any atom is 0.353 e. The molecule has 2 saturated heterocycles. The Labute approximate surface area is 257 Å². The lowest BCUT2D eigenvalue weighted by molar-refractivity contribution is -0.384. The van der Waals surface area contributed by atoms with Gasteiger partial charge in [0.1, 0.15) is 30.4 Å². The molecule has 0 aliphatic carbocycles. The number of imide groups is 1. The number of nitrogens with one attached hydrogen (secondary N) is 3. The van der Waals surface area contributed by atoms with Crippen molar-refractivity contribution in [2.45, 2.75) is 51.1 Å². The van der Waals surface area contributed by atoms with Crippen LogP contribution in [0.4, 0.5) is 10.8 Å². The molecule has 2 aromatic rings. The van der Waals surface area contributed by atoms with Crippen LogP contribution in [0.2, 0.25) is 0 Å². The van der Waals surface area contributed by atoms with Crippen LogP contribution < -0.4 is 16.0 Å². The van der Waals surface area contributed by atoms with Crippen LogP contribution in [0.15, 0.2) is 34.8 Å². The zero-order valence-electron chi connectivity index (χ0n) is 23.0. The SMILES string of the molecule is CC(C)(O/N=C(\C(=O)N[C@@H]1C(=O)N[C@H]1N1C(=O)CCC1=O)c1csc(NC(=O)CCl)n1)C(=O)OCc1ccc([N+](=O)[O-])cc1. The van der Waals surface area contributed by atoms with Gasteiger partial charge in [-0.15, -0.1) is 22.9 Å². The molecule has 0 radical (unpaired) electrons. The van der Waals surface area contributed by atoms with Crippen LogP contribution in [0.1, 0.15) is 37.9 Å². The van der Waals surface area contributed by atoms with Crippen molar-refractivity contribution >= 4 is 75.0 Å². The Morgan fingerprint density at radius 3 is 2.45 bits per heavy atom. The number of alkyl halides is 1. The highest BCUT2D eigenvalue weighted by Crippen LogP contribution is 2.23. The molecule has 0 spiro atoms. The number of β-lactam (4-membered cyclic amide) rings is 1. The minimum atomic E-state index is -1.78. The van der Waals surface area contributed by atoms with Crippen LogP contribution in [0.3, 0.4) is 0 Å². The predicted octanol–water partition coefficient (Wildman–Crippen LogP) is 0.561. The van der Waals surface area contributed by atoms with Gasteiger partial charge in [0.2, 0.25) is 29.2 Å². The molecule has 1 aromatic carbocycles. The summed E-state index contributed by atoms with van der Waals surface area (Å²) in [4.78, 5) is 95.1. The second-order valence-electron chi connectivity index (χ2n) is 9.82. The van der Waals surface area contributed by atoms with Crippen molar-refractivity contribution < 1.29 is 43.3 Å². The Balaban J connectivity index is 1.51. The number of amides is 5. The molecule has 3 heterocycles. The van der Waals surface area contributed by atoms with E-state index in [9.17, 15) is 38.9 Å². The number of anilines is 1. The van der Waals surface area contributed by atoms with Crippen molar-refractivity contribution in [2.24, 2.45) is 5.16 Å². The first-order valence-electron chi connectivity index (χ1n) is 12.7. The summed E-state index contributed by atoms with van der Waals surface area (Å²) in [6.45, 7) is 2.36. The molecule has 3 N–H and O–H groups in total. The fourth-order valence-electron chi connectivity index (χ4n) is 3.87. The van der Waals surface area contributed by atoms with Gasteiger partial charge < -0.3 is 25.5 Å². The minimum absolute atomic E-state index is 0.0303. The molecule has 19 heteroatoms. The van der Waals surface area contributed by atoms with Crippen LogP contribution in [0, 0.1) is 10.1 Å². The summed E-state index contributed by atoms with van der Waals surface area (Å²) in [5, 5.41) is 23.3. The van der Waals surface area contributed by atoms with Gasteiger partial charge in [-0.3, -0.25) is 39.0 Å². The number of rotatable bonds is 12. The highest BCUT2D eigenvalue weighted by Gasteiger charge is 2.50. The van der Waals surface area contributed by atoms with Crippen LogP contribution in [0.5, 0.6) is 0 Å². The zero-order valence-corrected chi connectivity index (χ0v) is 24.6. The number of hydrogen-bond donors (Lipinski definition) is 3.